The average Bonchev–Trinajstić information content (AvgIpc) is 3.24. The van der Waals surface area contributed by atoms with Crippen LogP contribution in [0.25, 0.3) is 22.0 Å². The van der Waals surface area contributed by atoms with Crippen LogP contribution in [0, 0.1) is 16.5 Å². The Labute approximate surface area is 223 Å². The molecule has 1 aliphatic rings. The van der Waals surface area contributed by atoms with E-state index in [9.17, 15) is 37.3 Å². The smallest absolute Gasteiger partial charge is 0.269 e. The zero-order valence-corrected chi connectivity index (χ0v) is 21.5. The summed E-state index contributed by atoms with van der Waals surface area (Å²) >= 11 is 0. The fourth-order valence-electron chi connectivity index (χ4n) is 4.55. The highest BCUT2D eigenvalue weighted by atomic mass is 32.2. The monoisotopic (exact) mass is 557 g/mol. The first kappa shape index (κ1) is 28.0. The Bertz CT molecular complexity index is 1560. The lowest BCUT2D eigenvalue weighted by Gasteiger charge is -2.32. The first-order valence-electron chi connectivity index (χ1n) is 12.0. The number of fused-ring (bicyclic) bond motifs is 1. The van der Waals surface area contributed by atoms with Gasteiger partial charge < -0.3 is 15.7 Å². The number of pyridine rings is 1. The number of alkyl halides is 2. The standard InChI is InChI=1S/C26H25F2N5O5S/c27-26(28)15-20(16-30)32(17-26)31(11-12-34)25(35)22-8-10-33(36)24-7-4-19(14-23(22)24)18-2-5-21(6-3-18)39(37,38)13-1-9-29/h2-8,10,12,14,20H,1,9,11,13,15,17,29H2. The zero-order valence-electron chi connectivity index (χ0n) is 20.7. The van der Waals surface area contributed by atoms with Crippen molar-refractivity contribution in [1.82, 2.24) is 10.0 Å². The number of carbonyl (C=O) groups excluding carboxylic acids is 2. The summed E-state index contributed by atoms with van der Waals surface area (Å²) in [7, 11) is -3.50. The van der Waals surface area contributed by atoms with Gasteiger partial charge in [-0.25, -0.2) is 17.2 Å². The number of hydrogen-bond acceptors (Lipinski definition) is 8. The van der Waals surface area contributed by atoms with Crippen LogP contribution in [0.4, 0.5) is 8.78 Å². The van der Waals surface area contributed by atoms with E-state index >= 15 is 0 Å². The van der Waals surface area contributed by atoms with Crippen molar-refractivity contribution in [2.45, 2.75) is 29.7 Å². The number of sulfone groups is 1. The van der Waals surface area contributed by atoms with Crippen LogP contribution in [0.1, 0.15) is 23.2 Å². The molecule has 13 heteroatoms. The van der Waals surface area contributed by atoms with Gasteiger partial charge in [-0.05, 0) is 48.4 Å². The van der Waals surface area contributed by atoms with Crippen molar-refractivity contribution < 1.29 is 31.5 Å². The molecule has 4 rings (SSSR count). The molecule has 0 saturated carbocycles. The molecule has 0 aliphatic carbocycles. The second-order valence-electron chi connectivity index (χ2n) is 9.13. The Morgan fingerprint density at radius 1 is 1.23 bits per heavy atom. The molecule has 2 heterocycles. The molecule has 0 radical (unpaired) electrons. The number of nitrogens with zero attached hydrogens (tertiary/aromatic N) is 4. The largest absolute Gasteiger partial charge is 0.618 e. The van der Waals surface area contributed by atoms with E-state index in [1.54, 1.807) is 30.3 Å². The zero-order chi connectivity index (χ0) is 28.4. The number of amides is 1. The average molecular weight is 558 g/mol. The van der Waals surface area contributed by atoms with E-state index in [1.165, 1.54) is 24.3 Å². The van der Waals surface area contributed by atoms with Crippen LogP contribution in [0.3, 0.4) is 0 Å². The van der Waals surface area contributed by atoms with E-state index in [0.29, 0.717) is 28.6 Å². The maximum atomic E-state index is 14.1. The minimum atomic E-state index is -3.50. The number of rotatable bonds is 9. The molecule has 204 valence electrons. The van der Waals surface area contributed by atoms with Gasteiger partial charge in [-0.3, -0.25) is 9.80 Å². The molecule has 39 heavy (non-hydrogen) atoms. The van der Waals surface area contributed by atoms with Gasteiger partial charge in [-0.1, -0.05) is 12.1 Å². The molecule has 1 fully saturated rings. The molecule has 1 amide bonds. The normalized spacial score (nSPS) is 17.1. The highest BCUT2D eigenvalue weighted by molar-refractivity contribution is 7.91. The Kier molecular flexibility index (Phi) is 7.91. The number of aldehydes is 1. The fraction of sp³-hybridized carbons (Fsp3) is 0.308. The van der Waals surface area contributed by atoms with Crippen molar-refractivity contribution in [3.63, 3.8) is 0 Å². The lowest BCUT2D eigenvalue weighted by molar-refractivity contribution is -0.577. The van der Waals surface area contributed by atoms with Crippen molar-refractivity contribution in [2.75, 3.05) is 25.4 Å². The molecule has 1 aliphatic heterocycles. The van der Waals surface area contributed by atoms with Crippen LogP contribution in [0.5, 0.6) is 0 Å². The van der Waals surface area contributed by atoms with Crippen LogP contribution in [0.15, 0.2) is 59.6 Å². The highest BCUT2D eigenvalue weighted by Gasteiger charge is 2.48. The molecule has 2 N–H and O–H groups in total. The number of hydrogen-bond donors (Lipinski definition) is 1. The molecule has 0 spiro atoms. The Hall–Kier alpha value is -3.99. The summed E-state index contributed by atoms with van der Waals surface area (Å²) in [4.78, 5) is 25.1. The topological polar surface area (TPSA) is 152 Å². The summed E-state index contributed by atoms with van der Waals surface area (Å²) in [5, 5.41) is 23.7. The SMILES string of the molecule is N#CC1CC(F)(F)CN1N(CC=O)C(=O)c1cc[n+]([O-])c2ccc(-c3ccc(S(=O)(=O)CCCN)cc3)cc12. The third-order valence-electron chi connectivity index (χ3n) is 6.48. The van der Waals surface area contributed by atoms with Gasteiger partial charge in [0.25, 0.3) is 11.8 Å². The number of nitrogens with two attached hydrogens (primary N) is 1. The van der Waals surface area contributed by atoms with Gasteiger partial charge in [0, 0.05) is 18.6 Å². The third-order valence-corrected chi connectivity index (χ3v) is 8.30. The van der Waals surface area contributed by atoms with E-state index < -0.39 is 47.2 Å². The van der Waals surface area contributed by atoms with Gasteiger partial charge >= 0.3 is 0 Å². The number of benzene rings is 2. The van der Waals surface area contributed by atoms with Crippen LogP contribution < -0.4 is 10.5 Å². The van der Waals surface area contributed by atoms with Crippen molar-refractivity contribution in [1.29, 1.82) is 5.26 Å². The molecule has 1 unspecified atom stereocenters. The van der Waals surface area contributed by atoms with Crippen LogP contribution >= 0.6 is 0 Å². The van der Waals surface area contributed by atoms with Crippen LogP contribution in [0.2, 0.25) is 0 Å². The number of nitriles is 1. The van der Waals surface area contributed by atoms with Crippen molar-refractivity contribution in [3.8, 4) is 17.2 Å². The van der Waals surface area contributed by atoms with Crippen molar-refractivity contribution >= 4 is 32.9 Å². The Balaban J connectivity index is 1.75. The predicted octanol–water partition coefficient (Wildman–Crippen LogP) is 2.05. The lowest BCUT2D eigenvalue weighted by atomic mass is 10.0. The molecule has 10 nitrogen and oxygen atoms in total. The Morgan fingerprint density at radius 3 is 2.56 bits per heavy atom. The molecule has 1 saturated heterocycles. The second-order valence-corrected chi connectivity index (χ2v) is 11.2. The molecular formula is C26H25F2N5O5S. The summed E-state index contributed by atoms with van der Waals surface area (Å²) in [6, 6.07) is 12.4. The fourth-order valence-corrected chi connectivity index (χ4v) is 5.88. The second kappa shape index (κ2) is 11.0. The number of carbonyl (C=O) groups is 2. The lowest BCUT2D eigenvalue weighted by Crippen LogP contribution is -2.50. The van der Waals surface area contributed by atoms with E-state index in [0.717, 1.165) is 16.2 Å². The van der Waals surface area contributed by atoms with E-state index in [2.05, 4.69) is 0 Å². The van der Waals surface area contributed by atoms with E-state index in [1.807, 2.05) is 0 Å². The van der Waals surface area contributed by atoms with Gasteiger partial charge in [0.2, 0.25) is 5.52 Å². The quantitative estimate of drug-likeness (QED) is 0.238. The van der Waals surface area contributed by atoms with Crippen molar-refractivity contribution in [2.24, 2.45) is 5.73 Å². The van der Waals surface area contributed by atoms with Gasteiger partial charge in [0.05, 0.1) is 40.8 Å². The Morgan fingerprint density at radius 2 is 1.92 bits per heavy atom. The molecule has 2 aromatic carbocycles. The van der Waals surface area contributed by atoms with Gasteiger partial charge in [0.1, 0.15) is 12.3 Å². The summed E-state index contributed by atoms with van der Waals surface area (Å²) in [6.45, 7) is -1.24. The van der Waals surface area contributed by atoms with E-state index in [-0.39, 0.29) is 33.7 Å². The van der Waals surface area contributed by atoms with Gasteiger partial charge in [0.15, 0.2) is 16.0 Å². The van der Waals surface area contributed by atoms with E-state index in [4.69, 9.17) is 5.73 Å². The first-order valence-corrected chi connectivity index (χ1v) is 13.7. The summed E-state index contributed by atoms with van der Waals surface area (Å²) < 4.78 is 53.6. The summed E-state index contributed by atoms with van der Waals surface area (Å²) in [5.41, 5.74) is 6.65. The highest BCUT2D eigenvalue weighted by Crippen LogP contribution is 2.34. The maximum Gasteiger partial charge on any atom is 0.269 e. The molecule has 0 bridgehead atoms. The number of hydrazine groups is 1. The maximum absolute atomic E-state index is 14.1. The first-order chi connectivity index (χ1) is 18.5. The molecule has 1 atom stereocenters. The minimum Gasteiger partial charge on any atom is -0.618 e. The minimum absolute atomic E-state index is 0.0336. The van der Waals surface area contributed by atoms with Crippen LogP contribution in [-0.2, 0) is 14.6 Å². The molecular weight excluding hydrogens is 532 g/mol. The third kappa shape index (κ3) is 5.73. The van der Waals surface area contributed by atoms with Crippen molar-refractivity contribution in [3.05, 3.63) is 65.5 Å². The molecule has 3 aromatic rings. The van der Waals surface area contributed by atoms with Gasteiger partial charge in [-0.15, -0.1) is 0 Å². The van der Waals surface area contributed by atoms with Crippen LogP contribution in [-0.4, -0.2) is 68.0 Å². The summed E-state index contributed by atoms with van der Waals surface area (Å²) in [6.07, 6.45) is 1.00. The molecule has 1 aromatic heterocycles. The predicted molar refractivity (Wildman–Crippen MR) is 137 cm³/mol. The number of aromatic nitrogens is 1. The number of halogens is 2. The summed E-state index contributed by atoms with van der Waals surface area (Å²) in [5.74, 6) is -4.14. The van der Waals surface area contributed by atoms with Gasteiger partial charge in [-0.2, -0.15) is 15.0 Å².